The van der Waals surface area contributed by atoms with Gasteiger partial charge in [-0.15, -0.1) is 0 Å². The molecule has 344 valence electrons. The van der Waals surface area contributed by atoms with Gasteiger partial charge in [-0.3, -0.25) is 38.4 Å². The number of unbranched alkanes of at least 4 members (excludes halogenated alkanes) is 4. The van der Waals surface area contributed by atoms with Crippen LogP contribution >= 0.6 is 0 Å². The van der Waals surface area contributed by atoms with E-state index in [-0.39, 0.29) is 63.4 Å². The van der Waals surface area contributed by atoms with Crippen LogP contribution in [-0.2, 0) is 38.4 Å². The number of carbonyl (C=O) groups excluding carboxylic acids is 8. The van der Waals surface area contributed by atoms with Crippen molar-refractivity contribution >= 4 is 47.3 Å². The molecule has 1 aliphatic rings. The Kier molecular flexibility index (Phi) is 29.8. The van der Waals surface area contributed by atoms with E-state index in [1.165, 1.54) is 4.90 Å². The average molecular weight is 853 g/mol. The third kappa shape index (κ3) is 24.6. The summed E-state index contributed by atoms with van der Waals surface area (Å²) in [7, 11) is 0. The van der Waals surface area contributed by atoms with Crippen LogP contribution in [0.1, 0.15) is 128 Å². The van der Waals surface area contributed by atoms with Crippen LogP contribution in [0.3, 0.4) is 0 Å². The Hall–Kier alpha value is -4.40. The van der Waals surface area contributed by atoms with Crippen molar-refractivity contribution < 1.29 is 38.4 Å². The van der Waals surface area contributed by atoms with E-state index < -0.39 is 66.2 Å². The van der Waals surface area contributed by atoms with Gasteiger partial charge in [0.2, 0.25) is 47.3 Å². The largest absolute Gasteiger partial charge is 0.368 e. The quantitative estimate of drug-likeness (QED) is 0.0600. The summed E-state index contributed by atoms with van der Waals surface area (Å²) < 4.78 is 0. The van der Waals surface area contributed by atoms with Gasteiger partial charge in [-0.05, 0) is 129 Å². The molecule has 0 spiro atoms. The van der Waals surface area contributed by atoms with Gasteiger partial charge in [0.15, 0.2) is 0 Å². The summed E-state index contributed by atoms with van der Waals surface area (Å²) in [6, 6.07) is -4.11. The topological polar surface area (TPSA) is 342 Å². The van der Waals surface area contributed by atoms with Crippen LogP contribution in [0.25, 0.3) is 0 Å². The summed E-state index contributed by atoms with van der Waals surface area (Å²) in [6.45, 7) is 1.42. The molecule has 1 aliphatic heterocycles. The van der Waals surface area contributed by atoms with Crippen LogP contribution in [0.2, 0.25) is 0 Å². The summed E-state index contributed by atoms with van der Waals surface area (Å²) in [4.78, 5) is 107. The maximum absolute atomic E-state index is 14.4. The molecule has 1 fully saturated rings. The molecule has 1 heterocycles. The molecule has 1 saturated heterocycles. The van der Waals surface area contributed by atoms with E-state index in [1.54, 1.807) is 0 Å². The predicted octanol–water partition coefficient (Wildman–Crippen LogP) is -1.88. The third-order valence-corrected chi connectivity index (χ3v) is 10.2. The molecule has 0 aromatic carbocycles. The maximum Gasteiger partial charge on any atom is 0.245 e. The van der Waals surface area contributed by atoms with Crippen molar-refractivity contribution in [2.45, 2.75) is 153 Å². The van der Waals surface area contributed by atoms with Crippen molar-refractivity contribution in [1.29, 1.82) is 0 Å². The van der Waals surface area contributed by atoms with Gasteiger partial charge < -0.3 is 65.5 Å². The highest BCUT2D eigenvalue weighted by Crippen LogP contribution is 2.12. The fourth-order valence-electron chi connectivity index (χ4n) is 6.67. The minimum Gasteiger partial charge on any atom is -0.368 e. The molecule has 16 N–H and O–H groups in total. The highest BCUT2D eigenvalue weighted by molar-refractivity contribution is 5.95. The van der Waals surface area contributed by atoms with Crippen LogP contribution in [0, 0.1) is 0 Å². The van der Waals surface area contributed by atoms with E-state index in [4.69, 9.17) is 28.7 Å². The fraction of sp³-hybridized carbons (Fsp3) is 0.800. The Bertz CT molecular complexity index is 1320. The number of primary amides is 1. The summed E-state index contributed by atoms with van der Waals surface area (Å²) in [6.07, 6.45) is 8.73. The number of rotatable bonds is 20. The third-order valence-electron chi connectivity index (χ3n) is 10.2. The zero-order valence-electron chi connectivity index (χ0n) is 35.7. The fourth-order valence-corrected chi connectivity index (χ4v) is 6.67. The summed E-state index contributed by atoms with van der Waals surface area (Å²) in [5, 5.41) is 16.4. The molecule has 4 atom stereocenters. The number of nitrogens with two attached hydrogens (primary N) is 5. The summed E-state index contributed by atoms with van der Waals surface area (Å²) >= 11 is 0. The molecule has 0 saturated carbocycles. The Morgan fingerprint density at radius 2 is 1.12 bits per heavy atom. The first kappa shape index (κ1) is 53.6. The molecular formula is C40H76N12O8. The summed E-state index contributed by atoms with van der Waals surface area (Å²) in [5.41, 5.74) is 28.4. The van der Waals surface area contributed by atoms with E-state index in [9.17, 15) is 38.4 Å². The molecule has 0 bridgehead atoms. The highest BCUT2D eigenvalue weighted by atomic mass is 16.2. The van der Waals surface area contributed by atoms with Crippen LogP contribution in [0.5, 0.6) is 0 Å². The van der Waals surface area contributed by atoms with Gasteiger partial charge in [-0.25, -0.2) is 0 Å². The number of hydrogen-bond donors (Lipinski definition) is 11. The minimum absolute atomic E-state index is 0.0490. The van der Waals surface area contributed by atoms with Crippen LogP contribution < -0.4 is 60.6 Å². The van der Waals surface area contributed by atoms with Gasteiger partial charge in [0.25, 0.3) is 0 Å². The van der Waals surface area contributed by atoms with Crippen molar-refractivity contribution in [3.05, 3.63) is 0 Å². The van der Waals surface area contributed by atoms with E-state index in [0.29, 0.717) is 123 Å². The number of carbonyl (C=O) groups is 8. The zero-order valence-corrected chi connectivity index (χ0v) is 35.7. The van der Waals surface area contributed by atoms with Crippen molar-refractivity contribution in [2.75, 3.05) is 52.4 Å². The van der Waals surface area contributed by atoms with Gasteiger partial charge in [0.05, 0.1) is 13.1 Å². The first-order chi connectivity index (χ1) is 28.9. The lowest BCUT2D eigenvalue weighted by Gasteiger charge is -2.30. The second-order valence-corrected chi connectivity index (χ2v) is 15.4. The van der Waals surface area contributed by atoms with Crippen molar-refractivity contribution in [3.63, 3.8) is 0 Å². The minimum atomic E-state index is -1.09. The van der Waals surface area contributed by atoms with E-state index in [2.05, 4.69) is 31.9 Å². The van der Waals surface area contributed by atoms with Crippen LogP contribution in [0.4, 0.5) is 0 Å². The molecule has 0 aliphatic carbocycles. The van der Waals surface area contributed by atoms with Gasteiger partial charge in [-0.2, -0.15) is 0 Å². The summed E-state index contributed by atoms with van der Waals surface area (Å²) in [5.74, 6) is -4.10. The lowest BCUT2D eigenvalue weighted by molar-refractivity contribution is -0.141. The molecule has 0 radical (unpaired) electrons. The molecular weight excluding hydrogens is 777 g/mol. The van der Waals surface area contributed by atoms with Gasteiger partial charge in [0.1, 0.15) is 24.2 Å². The maximum atomic E-state index is 14.4. The Labute approximate surface area is 355 Å². The van der Waals surface area contributed by atoms with Crippen LogP contribution in [0.15, 0.2) is 0 Å². The normalized spacial score (nSPS) is 20.9. The second kappa shape index (κ2) is 33.3. The van der Waals surface area contributed by atoms with Gasteiger partial charge in [0, 0.05) is 25.9 Å². The molecule has 8 amide bonds. The van der Waals surface area contributed by atoms with Gasteiger partial charge in [-0.1, -0.05) is 12.8 Å². The molecule has 60 heavy (non-hydrogen) atoms. The standard InChI is InChI=1S/C40H76N12O8/c41-21-9-5-15-29(37(45)57)48-36(56)28-52-26-14-2-1-13-25-46-35(55)27-47-33(53)19-3-4-20-34(54)49-30(16-6-10-22-42)38(58)50-31(17-7-11-23-43)39(59)51-32(40(52)60)18-8-12-24-44/h29-32H,1-28,41-44H2,(H2,45,57)(H,46,55)(H,47,53)(H,48,56)(H,49,54)(H,50,58)(H,51,59)/t29-,30-,31-,32-/m0/s1. The van der Waals surface area contributed by atoms with Crippen molar-refractivity contribution in [2.24, 2.45) is 28.7 Å². The first-order valence-corrected chi connectivity index (χ1v) is 22.0. The first-order valence-electron chi connectivity index (χ1n) is 22.0. The van der Waals surface area contributed by atoms with E-state index in [0.717, 1.165) is 0 Å². The zero-order chi connectivity index (χ0) is 44.5. The Balaban J connectivity index is 3.49. The molecule has 0 unspecified atom stereocenters. The predicted molar refractivity (Wildman–Crippen MR) is 228 cm³/mol. The molecule has 0 aromatic heterocycles. The number of nitrogens with zero attached hydrogens (tertiary/aromatic N) is 1. The SMILES string of the molecule is NCCCC[C@H](NC(=O)CN1CCCCCCNC(=O)CNC(=O)CCCCC(=O)N[C@@H](CCCCN)C(=O)N[C@@H](CCCCN)C(=O)N[C@@H](CCCCN)C1=O)C(N)=O. The molecule has 20 nitrogen and oxygen atoms in total. The molecule has 0 aromatic rings. The lowest BCUT2D eigenvalue weighted by atomic mass is 10.0. The van der Waals surface area contributed by atoms with E-state index >= 15 is 0 Å². The van der Waals surface area contributed by atoms with Crippen molar-refractivity contribution in [1.82, 2.24) is 36.8 Å². The second-order valence-electron chi connectivity index (χ2n) is 15.4. The highest BCUT2D eigenvalue weighted by Gasteiger charge is 2.32. The van der Waals surface area contributed by atoms with E-state index in [1.807, 2.05) is 0 Å². The van der Waals surface area contributed by atoms with Crippen LogP contribution in [-0.4, -0.2) is 129 Å². The monoisotopic (exact) mass is 853 g/mol. The number of hydrogen-bond acceptors (Lipinski definition) is 12. The number of amides is 8. The number of nitrogens with one attached hydrogen (secondary N) is 6. The smallest absolute Gasteiger partial charge is 0.245 e. The molecule has 20 heteroatoms. The lowest BCUT2D eigenvalue weighted by Crippen LogP contribution is -2.58. The average Bonchev–Trinajstić information content (AvgIpc) is 3.21. The molecule has 1 rings (SSSR count). The van der Waals surface area contributed by atoms with Gasteiger partial charge >= 0.3 is 0 Å². The Morgan fingerprint density at radius 3 is 1.70 bits per heavy atom. The Morgan fingerprint density at radius 1 is 0.600 bits per heavy atom. The van der Waals surface area contributed by atoms with Crippen molar-refractivity contribution in [3.8, 4) is 0 Å².